The smallest absolute Gasteiger partial charge is 0.165 e. The normalized spacial score (nSPS) is 16.6. The Balaban J connectivity index is 2.13. The van der Waals surface area contributed by atoms with Gasteiger partial charge in [0, 0.05) is 37.9 Å². The average molecular weight is 327 g/mol. The molecule has 0 aliphatic carbocycles. The predicted molar refractivity (Wildman–Crippen MR) is 94.8 cm³/mol. The number of benzene rings is 1. The summed E-state index contributed by atoms with van der Waals surface area (Å²) in [5.74, 6) is 1.54. The van der Waals surface area contributed by atoms with Crippen molar-refractivity contribution in [3.8, 4) is 11.5 Å². The van der Waals surface area contributed by atoms with Gasteiger partial charge in [0.2, 0.25) is 0 Å². The fourth-order valence-corrected chi connectivity index (χ4v) is 3.37. The van der Waals surface area contributed by atoms with Gasteiger partial charge in [0.05, 0.1) is 26.0 Å². The Morgan fingerprint density at radius 3 is 2.54 bits per heavy atom. The van der Waals surface area contributed by atoms with Gasteiger partial charge in [-0.2, -0.15) is 0 Å². The molecule has 1 unspecified atom stereocenters. The zero-order valence-electron chi connectivity index (χ0n) is 14.6. The van der Waals surface area contributed by atoms with Crippen molar-refractivity contribution in [3.63, 3.8) is 0 Å². The number of pyridine rings is 1. The minimum absolute atomic E-state index is 0.0540. The molecule has 5 nitrogen and oxygen atoms in total. The number of aryl methyl sites for hydroxylation is 1. The van der Waals surface area contributed by atoms with Crippen LogP contribution in [0.4, 0.5) is 0 Å². The molecule has 1 aliphatic rings. The summed E-state index contributed by atoms with van der Waals surface area (Å²) in [4.78, 5) is 7.16. The fraction of sp³-hybridized carbons (Fsp3) is 0.421. The number of aromatic nitrogens is 1. The molecule has 1 fully saturated rings. The third-order valence-corrected chi connectivity index (χ3v) is 4.55. The predicted octanol–water partition coefficient (Wildman–Crippen LogP) is 2.40. The first-order chi connectivity index (χ1) is 11.8. The Morgan fingerprint density at radius 2 is 1.88 bits per heavy atom. The highest BCUT2D eigenvalue weighted by Gasteiger charge is 2.29. The van der Waals surface area contributed by atoms with Gasteiger partial charge in [0.15, 0.2) is 11.5 Å². The van der Waals surface area contributed by atoms with E-state index in [9.17, 15) is 0 Å². The molecule has 0 amide bonds. The first-order valence-corrected chi connectivity index (χ1v) is 8.33. The molecule has 2 heterocycles. The van der Waals surface area contributed by atoms with Gasteiger partial charge in [-0.1, -0.05) is 18.2 Å². The van der Waals surface area contributed by atoms with Gasteiger partial charge in [-0.3, -0.25) is 9.88 Å². The SMILES string of the molecule is COc1cccc(C(c2ncccc2C)N2CCNCC2)c1OC. The summed E-state index contributed by atoms with van der Waals surface area (Å²) in [6.07, 6.45) is 1.87. The highest BCUT2D eigenvalue weighted by molar-refractivity contribution is 5.50. The number of piperazine rings is 1. The molecule has 1 aromatic carbocycles. The monoisotopic (exact) mass is 327 g/mol. The van der Waals surface area contributed by atoms with Crippen LogP contribution in [-0.4, -0.2) is 50.3 Å². The summed E-state index contributed by atoms with van der Waals surface area (Å²) in [6.45, 7) is 6.02. The van der Waals surface area contributed by atoms with E-state index in [0.717, 1.165) is 48.9 Å². The van der Waals surface area contributed by atoms with E-state index >= 15 is 0 Å². The molecule has 2 aromatic rings. The Labute approximate surface area is 143 Å². The molecule has 1 aromatic heterocycles. The van der Waals surface area contributed by atoms with E-state index in [1.54, 1.807) is 14.2 Å². The Morgan fingerprint density at radius 1 is 1.08 bits per heavy atom. The maximum atomic E-state index is 5.71. The van der Waals surface area contributed by atoms with Crippen LogP contribution in [0.3, 0.4) is 0 Å². The first-order valence-electron chi connectivity index (χ1n) is 8.33. The van der Waals surface area contributed by atoms with E-state index in [1.807, 2.05) is 24.4 Å². The zero-order chi connectivity index (χ0) is 16.9. The third kappa shape index (κ3) is 3.23. The number of methoxy groups -OCH3 is 2. The van der Waals surface area contributed by atoms with E-state index in [0.29, 0.717) is 0 Å². The van der Waals surface area contributed by atoms with Crippen LogP contribution < -0.4 is 14.8 Å². The molecular formula is C19H25N3O2. The van der Waals surface area contributed by atoms with Crippen molar-refractivity contribution in [2.75, 3.05) is 40.4 Å². The Hall–Kier alpha value is -2.11. The lowest BCUT2D eigenvalue weighted by molar-refractivity contribution is 0.191. The minimum Gasteiger partial charge on any atom is -0.493 e. The van der Waals surface area contributed by atoms with E-state index in [1.165, 1.54) is 5.56 Å². The quantitative estimate of drug-likeness (QED) is 0.914. The number of para-hydroxylation sites is 1. The molecule has 1 atom stereocenters. The molecule has 24 heavy (non-hydrogen) atoms. The second kappa shape index (κ2) is 7.64. The van der Waals surface area contributed by atoms with Crippen molar-refractivity contribution < 1.29 is 9.47 Å². The largest absolute Gasteiger partial charge is 0.493 e. The number of hydrogen-bond donors (Lipinski definition) is 1. The molecule has 3 rings (SSSR count). The summed E-state index contributed by atoms with van der Waals surface area (Å²) < 4.78 is 11.2. The fourth-order valence-electron chi connectivity index (χ4n) is 3.37. The third-order valence-electron chi connectivity index (χ3n) is 4.55. The number of hydrogen-bond acceptors (Lipinski definition) is 5. The van der Waals surface area contributed by atoms with Crippen LogP contribution in [0, 0.1) is 6.92 Å². The van der Waals surface area contributed by atoms with Crippen LogP contribution in [0.15, 0.2) is 36.5 Å². The maximum Gasteiger partial charge on any atom is 0.165 e. The molecule has 0 radical (unpaired) electrons. The van der Waals surface area contributed by atoms with Crippen molar-refractivity contribution in [1.82, 2.24) is 15.2 Å². The molecule has 128 valence electrons. The molecule has 0 spiro atoms. The minimum atomic E-state index is 0.0540. The van der Waals surface area contributed by atoms with Gasteiger partial charge < -0.3 is 14.8 Å². The number of rotatable bonds is 5. The van der Waals surface area contributed by atoms with Crippen LogP contribution in [0.25, 0.3) is 0 Å². The van der Waals surface area contributed by atoms with E-state index in [-0.39, 0.29) is 6.04 Å². The van der Waals surface area contributed by atoms with Crippen LogP contribution >= 0.6 is 0 Å². The van der Waals surface area contributed by atoms with Crippen molar-refractivity contribution >= 4 is 0 Å². The van der Waals surface area contributed by atoms with E-state index < -0.39 is 0 Å². The van der Waals surface area contributed by atoms with Crippen molar-refractivity contribution in [3.05, 3.63) is 53.3 Å². The first kappa shape index (κ1) is 16.7. The average Bonchev–Trinajstić information content (AvgIpc) is 2.64. The van der Waals surface area contributed by atoms with Gasteiger partial charge in [-0.25, -0.2) is 0 Å². The van der Waals surface area contributed by atoms with Crippen molar-refractivity contribution in [2.24, 2.45) is 0 Å². The Kier molecular flexibility index (Phi) is 5.33. The van der Waals surface area contributed by atoms with Crippen molar-refractivity contribution in [1.29, 1.82) is 0 Å². The molecule has 1 saturated heterocycles. The van der Waals surface area contributed by atoms with Crippen LogP contribution in [0.1, 0.15) is 22.9 Å². The topological polar surface area (TPSA) is 46.6 Å². The second-order valence-corrected chi connectivity index (χ2v) is 5.98. The molecular weight excluding hydrogens is 302 g/mol. The zero-order valence-corrected chi connectivity index (χ0v) is 14.6. The summed E-state index contributed by atoms with van der Waals surface area (Å²) in [7, 11) is 3.37. The molecule has 1 aliphatic heterocycles. The highest BCUT2D eigenvalue weighted by atomic mass is 16.5. The van der Waals surface area contributed by atoms with Crippen molar-refractivity contribution in [2.45, 2.75) is 13.0 Å². The lowest BCUT2D eigenvalue weighted by Crippen LogP contribution is -2.45. The molecule has 0 bridgehead atoms. The van der Waals surface area contributed by atoms with Gasteiger partial charge in [0.1, 0.15) is 0 Å². The van der Waals surface area contributed by atoms with Gasteiger partial charge in [-0.05, 0) is 24.6 Å². The summed E-state index contributed by atoms with van der Waals surface area (Å²) in [6, 6.07) is 10.2. The summed E-state index contributed by atoms with van der Waals surface area (Å²) in [5.41, 5.74) is 3.36. The number of nitrogens with one attached hydrogen (secondary N) is 1. The lowest BCUT2D eigenvalue weighted by Gasteiger charge is -2.36. The van der Waals surface area contributed by atoms with Crippen LogP contribution in [-0.2, 0) is 0 Å². The van der Waals surface area contributed by atoms with Crippen LogP contribution in [0.5, 0.6) is 11.5 Å². The number of nitrogens with zero attached hydrogens (tertiary/aromatic N) is 2. The Bertz CT molecular complexity index is 684. The van der Waals surface area contributed by atoms with E-state index in [2.05, 4.69) is 29.3 Å². The summed E-state index contributed by atoms with van der Waals surface area (Å²) >= 11 is 0. The van der Waals surface area contributed by atoms with Gasteiger partial charge in [-0.15, -0.1) is 0 Å². The standard InChI is InChI=1S/C19H25N3O2/c1-14-6-5-9-21-17(14)18(22-12-10-20-11-13-22)15-7-4-8-16(23-2)19(15)24-3/h4-9,18,20H,10-13H2,1-3H3. The highest BCUT2D eigenvalue weighted by Crippen LogP contribution is 2.40. The second-order valence-electron chi connectivity index (χ2n) is 5.98. The van der Waals surface area contributed by atoms with Crippen LogP contribution in [0.2, 0.25) is 0 Å². The van der Waals surface area contributed by atoms with Gasteiger partial charge in [0.25, 0.3) is 0 Å². The van der Waals surface area contributed by atoms with Gasteiger partial charge >= 0.3 is 0 Å². The molecule has 0 saturated carbocycles. The number of ether oxygens (including phenoxy) is 2. The molecule has 5 heteroatoms. The van der Waals surface area contributed by atoms with E-state index in [4.69, 9.17) is 14.5 Å². The summed E-state index contributed by atoms with van der Waals surface area (Å²) in [5, 5.41) is 3.42. The lowest BCUT2D eigenvalue weighted by atomic mass is 9.96. The molecule has 1 N–H and O–H groups in total. The maximum absolute atomic E-state index is 5.71.